The van der Waals surface area contributed by atoms with Gasteiger partial charge in [-0.15, -0.1) is 0 Å². The molecule has 0 saturated heterocycles. The number of carbonyl (C=O) groups excluding carboxylic acids is 2. The topological polar surface area (TPSA) is 102 Å². The molecule has 0 saturated carbocycles. The smallest absolute Gasteiger partial charge is 0.338 e. The minimum atomic E-state index is -3.84. The molecule has 0 spiro atoms. The molecular formula is C20H22N2O6S. The molecule has 2 aromatic rings. The third-order valence-corrected chi connectivity index (χ3v) is 6.20. The Balaban J connectivity index is 1.75. The molecule has 2 aromatic carbocycles. The molecule has 29 heavy (non-hydrogen) atoms. The molecule has 0 radical (unpaired) electrons. The third-order valence-electron chi connectivity index (χ3n) is 4.76. The SMILES string of the molecule is CNS(=O)(=O)c1cc(C(=O)OCC(=O)N2c3ccccc3C[C@@H]2C)ccc1OC. The fourth-order valence-corrected chi connectivity index (χ4v) is 4.27. The maximum Gasteiger partial charge on any atom is 0.338 e. The molecule has 1 aliphatic rings. The number of amides is 1. The molecule has 0 unspecified atom stereocenters. The van der Waals surface area contributed by atoms with Crippen molar-refractivity contribution in [3.8, 4) is 5.75 Å². The number of para-hydroxylation sites is 1. The summed E-state index contributed by atoms with van der Waals surface area (Å²) in [5.41, 5.74) is 1.88. The Kier molecular flexibility index (Phi) is 5.90. The number of hydrogen-bond acceptors (Lipinski definition) is 6. The van der Waals surface area contributed by atoms with Gasteiger partial charge in [0.1, 0.15) is 10.6 Å². The van der Waals surface area contributed by atoms with E-state index in [-0.39, 0.29) is 28.2 Å². The first-order chi connectivity index (χ1) is 13.8. The lowest BCUT2D eigenvalue weighted by Crippen LogP contribution is -2.38. The zero-order valence-corrected chi connectivity index (χ0v) is 17.2. The van der Waals surface area contributed by atoms with E-state index in [2.05, 4.69) is 4.72 Å². The van der Waals surface area contributed by atoms with Gasteiger partial charge in [0.05, 0.1) is 12.7 Å². The summed E-state index contributed by atoms with van der Waals surface area (Å²) in [7, 11) is -1.25. The van der Waals surface area contributed by atoms with Crippen LogP contribution in [0.25, 0.3) is 0 Å². The summed E-state index contributed by atoms with van der Waals surface area (Å²) in [6.45, 7) is 1.48. The number of esters is 1. The van der Waals surface area contributed by atoms with Crippen LogP contribution < -0.4 is 14.4 Å². The van der Waals surface area contributed by atoms with E-state index < -0.39 is 22.6 Å². The molecule has 0 bridgehead atoms. The van der Waals surface area contributed by atoms with Crippen molar-refractivity contribution in [3.63, 3.8) is 0 Å². The van der Waals surface area contributed by atoms with Gasteiger partial charge in [0.25, 0.3) is 5.91 Å². The van der Waals surface area contributed by atoms with E-state index in [1.807, 2.05) is 31.2 Å². The summed E-state index contributed by atoms with van der Waals surface area (Å²) in [5.74, 6) is -1.05. The number of rotatable bonds is 6. The fourth-order valence-electron chi connectivity index (χ4n) is 3.35. The van der Waals surface area contributed by atoms with Crippen LogP contribution in [0.5, 0.6) is 5.75 Å². The van der Waals surface area contributed by atoms with Crippen molar-refractivity contribution in [2.75, 3.05) is 25.7 Å². The molecule has 154 valence electrons. The van der Waals surface area contributed by atoms with Gasteiger partial charge in [-0.25, -0.2) is 17.9 Å². The van der Waals surface area contributed by atoms with Gasteiger partial charge in [-0.2, -0.15) is 0 Å². The van der Waals surface area contributed by atoms with E-state index >= 15 is 0 Å². The van der Waals surface area contributed by atoms with Crippen molar-refractivity contribution in [2.45, 2.75) is 24.3 Å². The number of methoxy groups -OCH3 is 1. The maximum atomic E-state index is 12.7. The van der Waals surface area contributed by atoms with E-state index in [0.29, 0.717) is 0 Å². The summed E-state index contributed by atoms with van der Waals surface area (Å²) in [6, 6.07) is 11.5. The molecule has 1 heterocycles. The number of fused-ring (bicyclic) bond motifs is 1. The van der Waals surface area contributed by atoms with Crippen LogP contribution in [-0.2, 0) is 26.0 Å². The lowest BCUT2D eigenvalue weighted by molar-refractivity contribution is -0.122. The van der Waals surface area contributed by atoms with Crippen LogP contribution in [0.4, 0.5) is 5.69 Å². The molecule has 1 atom stereocenters. The van der Waals surface area contributed by atoms with Gasteiger partial charge in [0.2, 0.25) is 10.0 Å². The first kappa shape index (κ1) is 20.8. The standard InChI is InChI=1S/C20H22N2O6S/c1-13-10-14-6-4-5-7-16(14)22(13)19(23)12-28-20(24)15-8-9-17(27-3)18(11-15)29(25,26)21-2/h4-9,11,13,21H,10,12H2,1-3H3/t13-/m0/s1. The molecular weight excluding hydrogens is 396 g/mol. The van der Waals surface area contributed by atoms with Crippen molar-refractivity contribution in [1.82, 2.24) is 4.72 Å². The van der Waals surface area contributed by atoms with E-state index in [1.165, 1.54) is 26.3 Å². The van der Waals surface area contributed by atoms with Crippen LogP contribution in [0.15, 0.2) is 47.4 Å². The second-order valence-electron chi connectivity index (χ2n) is 6.59. The Hall–Kier alpha value is -2.91. The number of nitrogens with zero attached hydrogens (tertiary/aromatic N) is 1. The number of carbonyl (C=O) groups is 2. The minimum absolute atomic E-state index is 0.00213. The molecule has 0 aromatic heterocycles. The normalized spacial score (nSPS) is 15.7. The van der Waals surface area contributed by atoms with Gasteiger partial charge >= 0.3 is 5.97 Å². The predicted octanol–water partition coefficient (Wildman–Crippen LogP) is 1.74. The summed E-state index contributed by atoms with van der Waals surface area (Å²) >= 11 is 0. The van der Waals surface area contributed by atoms with Gasteiger partial charge in [-0.1, -0.05) is 18.2 Å². The summed E-state index contributed by atoms with van der Waals surface area (Å²) < 4.78 is 36.7. The van der Waals surface area contributed by atoms with Crippen molar-refractivity contribution >= 4 is 27.6 Å². The van der Waals surface area contributed by atoms with Crippen molar-refractivity contribution < 1.29 is 27.5 Å². The first-order valence-corrected chi connectivity index (χ1v) is 10.5. The fraction of sp³-hybridized carbons (Fsp3) is 0.300. The molecule has 9 heteroatoms. The van der Waals surface area contributed by atoms with Crippen molar-refractivity contribution in [2.24, 2.45) is 0 Å². The lowest BCUT2D eigenvalue weighted by Gasteiger charge is -2.22. The number of hydrogen-bond donors (Lipinski definition) is 1. The average Bonchev–Trinajstić information content (AvgIpc) is 3.06. The summed E-state index contributed by atoms with van der Waals surface area (Å²) in [6.07, 6.45) is 0.736. The minimum Gasteiger partial charge on any atom is -0.495 e. The highest BCUT2D eigenvalue weighted by Crippen LogP contribution is 2.32. The highest BCUT2D eigenvalue weighted by Gasteiger charge is 2.31. The average molecular weight is 418 g/mol. The number of sulfonamides is 1. The largest absolute Gasteiger partial charge is 0.495 e. The third kappa shape index (κ3) is 4.10. The van der Waals surface area contributed by atoms with Gasteiger partial charge < -0.3 is 14.4 Å². The second-order valence-corrected chi connectivity index (χ2v) is 8.45. The Morgan fingerprint density at radius 3 is 2.62 bits per heavy atom. The molecule has 1 N–H and O–H groups in total. The number of ether oxygens (including phenoxy) is 2. The monoisotopic (exact) mass is 418 g/mol. The van der Waals surface area contributed by atoms with Gasteiger partial charge in [0, 0.05) is 11.7 Å². The van der Waals surface area contributed by atoms with Crippen molar-refractivity contribution in [1.29, 1.82) is 0 Å². The molecule has 3 rings (SSSR count). The van der Waals surface area contributed by atoms with Gasteiger partial charge in [-0.05, 0) is 50.2 Å². The Morgan fingerprint density at radius 1 is 1.21 bits per heavy atom. The number of anilines is 1. The maximum absolute atomic E-state index is 12.7. The van der Waals surface area contributed by atoms with Crippen LogP contribution in [-0.4, -0.2) is 47.1 Å². The van der Waals surface area contributed by atoms with E-state index in [0.717, 1.165) is 23.7 Å². The molecule has 1 amide bonds. The van der Waals surface area contributed by atoms with E-state index in [1.54, 1.807) is 4.90 Å². The zero-order chi connectivity index (χ0) is 21.2. The molecule has 0 aliphatic carbocycles. The van der Waals surface area contributed by atoms with Gasteiger partial charge in [0.15, 0.2) is 6.61 Å². The predicted molar refractivity (Wildman–Crippen MR) is 107 cm³/mol. The van der Waals surface area contributed by atoms with E-state index in [9.17, 15) is 18.0 Å². The Morgan fingerprint density at radius 2 is 1.93 bits per heavy atom. The second kappa shape index (κ2) is 8.22. The van der Waals surface area contributed by atoms with E-state index in [4.69, 9.17) is 9.47 Å². The molecule has 0 fully saturated rings. The Labute approximate surface area is 169 Å². The zero-order valence-electron chi connectivity index (χ0n) is 16.3. The van der Waals surface area contributed by atoms with Crippen LogP contribution in [0.3, 0.4) is 0 Å². The van der Waals surface area contributed by atoms with Crippen LogP contribution in [0.2, 0.25) is 0 Å². The van der Waals surface area contributed by atoms with Crippen molar-refractivity contribution in [3.05, 3.63) is 53.6 Å². The summed E-state index contributed by atoms with van der Waals surface area (Å²) in [5, 5.41) is 0. The first-order valence-electron chi connectivity index (χ1n) is 8.97. The molecule has 8 nitrogen and oxygen atoms in total. The lowest BCUT2D eigenvalue weighted by atomic mass is 10.1. The Bertz CT molecular complexity index is 1050. The van der Waals surface area contributed by atoms with Crippen LogP contribution in [0, 0.1) is 0 Å². The van der Waals surface area contributed by atoms with Crippen LogP contribution >= 0.6 is 0 Å². The van der Waals surface area contributed by atoms with Crippen LogP contribution in [0.1, 0.15) is 22.8 Å². The molecule has 1 aliphatic heterocycles. The quantitative estimate of drug-likeness (QED) is 0.717. The highest BCUT2D eigenvalue weighted by molar-refractivity contribution is 7.89. The highest BCUT2D eigenvalue weighted by atomic mass is 32.2. The van der Waals surface area contributed by atoms with Gasteiger partial charge in [-0.3, -0.25) is 4.79 Å². The summed E-state index contributed by atoms with van der Waals surface area (Å²) in [4.78, 5) is 26.5. The number of benzene rings is 2. The number of nitrogens with one attached hydrogen (secondary N) is 1.